The van der Waals surface area contributed by atoms with Gasteiger partial charge in [0.05, 0.1) is 10.8 Å². The maximum atomic E-state index is 6.80. The van der Waals surface area contributed by atoms with Crippen molar-refractivity contribution in [3.8, 4) is 0 Å². The monoisotopic (exact) mass is 391 g/mol. The molecular formula is C22H41NOSi2. The van der Waals surface area contributed by atoms with Crippen LogP contribution in [-0.4, -0.2) is 40.7 Å². The summed E-state index contributed by atoms with van der Waals surface area (Å²) < 4.78 is 6.80. The highest BCUT2D eigenvalue weighted by Crippen LogP contribution is 2.33. The fourth-order valence-electron chi connectivity index (χ4n) is 5.68. The van der Waals surface area contributed by atoms with Crippen molar-refractivity contribution in [3.63, 3.8) is 0 Å². The summed E-state index contributed by atoms with van der Waals surface area (Å²) in [5, 5.41) is 2.91. The second-order valence-corrected chi connectivity index (χ2v) is 18.7. The fraction of sp³-hybridized carbons (Fsp3) is 0.818. The minimum atomic E-state index is -1.40. The second-order valence-electron chi connectivity index (χ2n) is 9.00. The number of furan rings is 1. The lowest BCUT2D eigenvalue weighted by Gasteiger charge is -2.34. The van der Waals surface area contributed by atoms with E-state index in [4.69, 9.17) is 4.42 Å². The Bertz CT molecular complexity index is 532. The van der Waals surface area contributed by atoms with Crippen LogP contribution >= 0.6 is 0 Å². The summed E-state index contributed by atoms with van der Waals surface area (Å²) in [6.45, 7) is 11.2. The maximum Gasteiger partial charge on any atom is 0.132 e. The molecule has 0 atom stereocenters. The normalized spacial score (nSPS) is 21.3. The Kier molecular flexibility index (Phi) is 7.26. The van der Waals surface area contributed by atoms with Gasteiger partial charge in [0.1, 0.15) is 16.1 Å². The summed E-state index contributed by atoms with van der Waals surface area (Å²) in [4.78, 5) is 2.70. The molecular weight excluding hydrogens is 350 g/mol. The van der Waals surface area contributed by atoms with Crippen LogP contribution in [0.1, 0.15) is 59.3 Å². The molecule has 148 valence electrons. The lowest BCUT2D eigenvalue weighted by Crippen LogP contribution is -2.50. The van der Waals surface area contributed by atoms with E-state index in [9.17, 15) is 0 Å². The molecule has 1 aromatic heterocycles. The molecule has 0 spiro atoms. The van der Waals surface area contributed by atoms with E-state index in [1.807, 2.05) is 0 Å². The van der Waals surface area contributed by atoms with Gasteiger partial charge in [0, 0.05) is 0 Å². The van der Waals surface area contributed by atoms with Crippen LogP contribution in [0.25, 0.3) is 0 Å². The van der Waals surface area contributed by atoms with Crippen LogP contribution in [-0.2, 0) is 0 Å². The van der Waals surface area contributed by atoms with E-state index in [1.54, 1.807) is 0 Å². The molecule has 1 aromatic rings. The van der Waals surface area contributed by atoms with Crippen molar-refractivity contribution >= 4 is 26.9 Å². The molecule has 0 amide bonds. The van der Waals surface area contributed by atoms with Gasteiger partial charge in [-0.25, -0.2) is 0 Å². The molecule has 2 nitrogen and oxygen atoms in total. The van der Waals surface area contributed by atoms with Crippen LogP contribution in [0.15, 0.2) is 16.5 Å². The van der Waals surface area contributed by atoms with Gasteiger partial charge in [0.15, 0.2) is 0 Å². The van der Waals surface area contributed by atoms with Gasteiger partial charge in [-0.2, -0.15) is 0 Å². The molecule has 2 aliphatic rings. The minimum absolute atomic E-state index is 1.33. The largest absolute Gasteiger partial charge is 0.476 e. The number of likely N-dealkylation sites (tertiary alicyclic amines) is 1. The zero-order chi connectivity index (χ0) is 18.5. The quantitative estimate of drug-likeness (QED) is 0.530. The van der Waals surface area contributed by atoms with Crippen LogP contribution in [0.2, 0.25) is 36.3 Å². The molecule has 4 heteroatoms. The zero-order valence-electron chi connectivity index (χ0n) is 17.6. The van der Waals surface area contributed by atoms with Crippen molar-refractivity contribution in [2.75, 3.05) is 19.6 Å². The number of nitrogens with zero attached hydrogens (tertiary/aromatic N) is 1. The first-order valence-corrected chi connectivity index (χ1v) is 16.8. The highest BCUT2D eigenvalue weighted by Gasteiger charge is 2.41. The van der Waals surface area contributed by atoms with Crippen LogP contribution in [0.5, 0.6) is 0 Å². The molecule has 26 heavy (non-hydrogen) atoms. The predicted molar refractivity (Wildman–Crippen MR) is 119 cm³/mol. The summed E-state index contributed by atoms with van der Waals surface area (Å²) in [6.07, 6.45) is 8.59. The third-order valence-corrected chi connectivity index (χ3v) is 18.4. The lowest BCUT2D eigenvalue weighted by molar-refractivity contribution is 0.339. The molecule has 0 aliphatic carbocycles. The topological polar surface area (TPSA) is 16.4 Å². The van der Waals surface area contributed by atoms with E-state index < -0.39 is 16.1 Å². The van der Waals surface area contributed by atoms with Crippen molar-refractivity contribution in [2.24, 2.45) is 0 Å². The van der Waals surface area contributed by atoms with Crippen molar-refractivity contribution < 1.29 is 4.42 Å². The fourth-order valence-corrected chi connectivity index (χ4v) is 14.0. The Morgan fingerprint density at radius 1 is 0.923 bits per heavy atom. The van der Waals surface area contributed by atoms with Gasteiger partial charge in [0.25, 0.3) is 0 Å². The third-order valence-electron chi connectivity index (χ3n) is 7.82. The van der Waals surface area contributed by atoms with Gasteiger partial charge in [-0.1, -0.05) is 70.3 Å². The molecule has 0 unspecified atom stereocenters. The summed E-state index contributed by atoms with van der Waals surface area (Å²) in [5.41, 5.74) is 0. The van der Waals surface area contributed by atoms with Crippen molar-refractivity contribution in [1.29, 1.82) is 0 Å². The Morgan fingerprint density at radius 2 is 1.58 bits per heavy atom. The Balaban J connectivity index is 1.74. The molecule has 2 saturated heterocycles. The molecule has 0 saturated carbocycles. The summed E-state index contributed by atoms with van der Waals surface area (Å²) in [6, 6.07) is 13.3. The van der Waals surface area contributed by atoms with Crippen LogP contribution in [0, 0.1) is 0 Å². The number of hydrogen-bond donors (Lipinski definition) is 0. The standard InChI is InChI=1S/C22H41NOSi2/c1-4-25(5-2,6-3)21-13-14-22(24-21)26(18-10-7-11-19-26)20-12-17-23-15-8-9-16-23/h13-14H,4-12,15-20H2,1-3H3. The Morgan fingerprint density at radius 3 is 2.19 bits per heavy atom. The van der Waals surface area contributed by atoms with Crippen LogP contribution in [0.4, 0.5) is 0 Å². The van der Waals surface area contributed by atoms with Crippen molar-refractivity contribution in [1.82, 2.24) is 4.90 Å². The highest BCUT2D eigenvalue weighted by atomic mass is 28.3. The van der Waals surface area contributed by atoms with E-state index in [0.717, 1.165) is 0 Å². The number of hydrogen-bond acceptors (Lipinski definition) is 2. The van der Waals surface area contributed by atoms with Gasteiger partial charge >= 0.3 is 0 Å². The predicted octanol–water partition coefficient (Wildman–Crippen LogP) is 5.32. The van der Waals surface area contributed by atoms with E-state index in [2.05, 4.69) is 37.8 Å². The van der Waals surface area contributed by atoms with Gasteiger partial charge in [-0.05, 0) is 57.1 Å². The molecule has 0 bridgehead atoms. The first kappa shape index (κ1) is 20.4. The van der Waals surface area contributed by atoms with Crippen LogP contribution < -0.4 is 10.8 Å². The molecule has 0 radical (unpaired) electrons. The summed E-state index contributed by atoms with van der Waals surface area (Å²) >= 11 is 0. The zero-order valence-corrected chi connectivity index (χ0v) is 19.6. The van der Waals surface area contributed by atoms with Gasteiger partial charge in [-0.3, -0.25) is 0 Å². The Labute approximate surface area is 163 Å². The van der Waals surface area contributed by atoms with Crippen molar-refractivity contribution in [2.45, 2.75) is 95.6 Å². The smallest absolute Gasteiger partial charge is 0.132 e. The summed E-state index contributed by atoms with van der Waals surface area (Å²) in [7, 11) is -2.77. The van der Waals surface area contributed by atoms with E-state index in [1.165, 1.54) is 105 Å². The van der Waals surface area contributed by atoms with E-state index >= 15 is 0 Å². The molecule has 2 aliphatic heterocycles. The SMILES string of the molecule is CC[Si](CC)(CC)c1ccc([Si]2(CCCN3CCCC3)CCCCC2)o1. The maximum absolute atomic E-state index is 6.80. The van der Waals surface area contributed by atoms with Crippen LogP contribution in [0.3, 0.4) is 0 Å². The molecule has 0 N–H and O–H groups in total. The molecule has 3 rings (SSSR count). The minimum Gasteiger partial charge on any atom is -0.476 e. The number of rotatable bonds is 9. The highest BCUT2D eigenvalue weighted by molar-refractivity contribution is 6.93. The van der Waals surface area contributed by atoms with Crippen molar-refractivity contribution in [3.05, 3.63) is 12.1 Å². The Hall–Kier alpha value is -0.326. The molecule has 3 heterocycles. The third kappa shape index (κ3) is 4.22. The average molecular weight is 392 g/mol. The average Bonchev–Trinajstić information content (AvgIpc) is 3.37. The first-order valence-electron chi connectivity index (χ1n) is 11.5. The van der Waals surface area contributed by atoms with Gasteiger partial charge in [0.2, 0.25) is 0 Å². The molecule has 0 aromatic carbocycles. The first-order chi connectivity index (χ1) is 12.7. The van der Waals surface area contributed by atoms with Gasteiger partial charge in [-0.15, -0.1) is 0 Å². The van der Waals surface area contributed by atoms with E-state index in [0.29, 0.717) is 0 Å². The summed E-state index contributed by atoms with van der Waals surface area (Å²) in [5.74, 6) is 0. The van der Waals surface area contributed by atoms with Gasteiger partial charge < -0.3 is 9.32 Å². The molecule has 2 fully saturated rings. The lowest BCUT2D eigenvalue weighted by atomic mass is 10.3. The van der Waals surface area contributed by atoms with E-state index in [-0.39, 0.29) is 0 Å². The second kappa shape index (κ2) is 9.25.